The molecule has 66 valence electrons. The second-order valence-corrected chi connectivity index (χ2v) is 3.83. The van der Waals surface area contributed by atoms with Gasteiger partial charge in [-0.05, 0) is 29.5 Å². The fraction of sp³-hybridized carbons (Fsp3) is 0.500. The van der Waals surface area contributed by atoms with Crippen molar-refractivity contribution in [2.45, 2.75) is 26.7 Å². The lowest BCUT2D eigenvalue weighted by atomic mass is 9.91. The molecule has 12 heavy (non-hydrogen) atoms. The average molecular weight is 184 g/mol. The summed E-state index contributed by atoms with van der Waals surface area (Å²) in [5, 5.41) is 0.583. The molecule has 0 aliphatic carbocycles. The van der Waals surface area contributed by atoms with Crippen LogP contribution >= 0.6 is 11.6 Å². The van der Waals surface area contributed by atoms with Gasteiger partial charge in [0, 0.05) is 6.20 Å². The first-order valence-corrected chi connectivity index (χ1v) is 4.60. The number of halogens is 1. The van der Waals surface area contributed by atoms with E-state index in [9.17, 15) is 0 Å². The monoisotopic (exact) mass is 183 g/mol. The van der Waals surface area contributed by atoms with Crippen LogP contribution in [0.3, 0.4) is 0 Å². The second-order valence-electron chi connectivity index (χ2n) is 3.44. The molecular formula is C10H14ClN. The fourth-order valence-corrected chi connectivity index (χ4v) is 1.27. The van der Waals surface area contributed by atoms with Gasteiger partial charge < -0.3 is 0 Å². The molecular weight excluding hydrogens is 170 g/mol. The third kappa shape index (κ3) is 2.21. The number of hydrogen-bond donors (Lipinski definition) is 0. The Morgan fingerprint density at radius 1 is 1.33 bits per heavy atom. The summed E-state index contributed by atoms with van der Waals surface area (Å²) in [6.45, 7) is 6.62. The number of hydrogen-bond acceptors (Lipinski definition) is 1. The molecule has 0 aliphatic rings. The lowest BCUT2D eigenvalue weighted by Crippen LogP contribution is -2.01. The molecule has 1 heterocycles. The van der Waals surface area contributed by atoms with Gasteiger partial charge in [0.25, 0.3) is 0 Å². The van der Waals surface area contributed by atoms with Gasteiger partial charge in [-0.2, -0.15) is 0 Å². The average Bonchev–Trinajstić information content (AvgIpc) is 2.03. The molecule has 0 N–H and O–H groups in total. The molecule has 0 bridgehead atoms. The van der Waals surface area contributed by atoms with Gasteiger partial charge >= 0.3 is 0 Å². The van der Waals surface area contributed by atoms with E-state index in [2.05, 4.69) is 25.8 Å². The Kier molecular flexibility index (Phi) is 3.10. The number of nitrogens with zero attached hydrogens (tertiary/aromatic N) is 1. The number of aromatic nitrogens is 1. The highest BCUT2D eigenvalue weighted by Gasteiger charge is 2.09. The van der Waals surface area contributed by atoms with Gasteiger partial charge in [-0.15, -0.1) is 0 Å². The summed E-state index contributed by atoms with van der Waals surface area (Å²) in [5.74, 6) is 1.19. The van der Waals surface area contributed by atoms with Crippen molar-refractivity contribution < 1.29 is 0 Å². The minimum atomic E-state index is 0.547. The van der Waals surface area contributed by atoms with E-state index in [0.29, 0.717) is 17.0 Å². The van der Waals surface area contributed by atoms with E-state index in [-0.39, 0.29) is 0 Å². The Morgan fingerprint density at radius 2 is 2.00 bits per heavy atom. The van der Waals surface area contributed by atoms with Gasteiger partial charge in [-0.1, -0.05) is 32.4 Å². The van der Waals surface area contributed by atoms with Crippen LogP contribution in [0.2, 0.25) is 5.15 Å². The SMILES string of the molecule is CC(C)C(C)c1ccnc(Cl)c1. The lowest BCUT2D eigenvalue weighted by Gasteiger charge is -2.15. The predicted octanol–water partition coefficient (Wildman–Crippen LogP) is 3.49. The van der Waals surface area contributed by atoms with Crippen molar-refractivity contribution in [3.63, 3.8) is 0 Å². The van der Waals surface area contributed by atoms with Gasteiger partial charge in [0.2, 0.25) is 0 Å². The Balaban J connectivity index is 2.88. The van der Waals surface area contributed by atoms with Crippen molar-refractivity contribution >= 4 is 11.6 Å². The maximum atomic E-state index is 5.78. The van der Waals surface area contributed by atoms with Gasteiger partial charge in [0.15, 0.2) is 0 Å². The van der Waals surface area contributed by atoms with E-state index < -0.39 is 0 Å². The maximum Gasteiger partial charge on any atom is 0.129 e. The Bertz CT molecular complexity index is 258. The highest BCUT2D eigenvalue weighted by atomic mass is 35.5. The zero-order chi connectivity index (χ0) is 9.14. The molecule has 0 saturated heterocycles. The molecule has 1 nitrogen and oxygen atoms in total. The summed E-state index contributed by atoms with van der Waals surface area (Å²) >= 11 is 5.78. The Hall–Kier alpha value is -0.560. The van der Waals surface area contributed by atoms with Crippen LogP contribution < -0.4 is 0 Å². The molecule has 1 aromatic rings. The lowest BCUT2D eigenvalue weighted by molar-refractivity contribution is 0.534. The van der Waals surface area contributed by atoms with Crippen LogP contribution in [0.1, 0.15) is 32.3 Å². The summed E-state index contributed by atoms with van der Waals surface area (Å²) in [6.07, 6.45) is 1.76. The zero-order valence-electron chi connectivity index (χ0n) is 7.71. The smallest absolute Gasteiger partial charge is 0.129 e. The molecule has 0 aliphatic heterocycles. The van der Waals surface area contributed by atoms with Crippen molar-refractivity contribution in [1.29, 1.82) is 0 Å². The fourth-order valence-electron chi connectivity index (χ4n) is 1.09. The second kappa shape index (κ2) is 3.90. The van der Waals surface area contributed by atoms with E-state index >= 15 is 0 Å². The van der Waals surface area contributed by atoms with Gasteiger partial charge in [0.05, 0.1) is 0 Å². The summed E-state index contributed by atoms with van der Waals surface area (Å²) < 4.78 is 0. The third-order valence-electron chi connectivity index (χ3n) is 2.28. The van der Waals surface area contributed by atoms with Gasteiger partial charge in [0.1, 0.15) is 5.15 Å². The first-order chi connectivity index (χ1) is 5.61. The molecule has 1 unspecified atom stereocenters. The van der Waals surface area contributed by atoms with Crippen LogP contribution in [-0.2, 0) is 0 Å². The van der Waals surface area contributed by atoms with Crippen LogP contribution in [0.15, 0.2) is 18.3 Å². The quantitative estimate of drug-likeness (QED) is 0.640. The normalized spacial score (nSPS) is 13.4. The topological polar surface area (TPSA) is 12.9 Å². The van der Waals surface area contributed by atoms with Crippen LogP contribution in [-0.4, -0.2) is 4.98 Å². The largest absolute Gasteiger partial charge is 0.245 e. The Morgan fingerprint density at radius 3 is 2.50 bits per heavy atom. The first kappa shape index (κ1) is 9.53. The van der Waals surface area contributed by atoms with E-state index in [1.165, 1.54) is 5.56 Å². The summed E-state index contributed by atoms with van der Waals surface area (Å²) in [5.41, 5.74) is 1.27. The minimum absolute atomic E-state index is 0.547. The molecule has 0 saturated carbocycles. The van der Waals surface area contributed by atoms with Crippen molar-refractivity contribution in [3.8, 4) is 0 Å². The Labute approximate surface area is 78.8 Å². The minimum Gasteiger partial charge on any atom is -0.245 e. The number of rotatable bonds is 2. The molecule has 2 heteroatoms. The van der Waals surface area contributed by atoms with Crippen molar-refractivity contribution in [3.05, 3.63) is 29.0 Å². The van der Waals surface area contributed by atoms with Crippen molar-refractivity contribution in [1.82, 2.24) is 4.98 Å². The van der Waals surface area contributed by atoms with Crippen molar-refractivity contribution in [2.75, 3.05) is 0 Å². The third-order valence-corrected chi connectivity index (χ3v) is 2.48. The molecule has 0 aromatic carbocycles. The number of pyridine rings is 1. The van der Waals surface area contributed by atoms with E-state index in [4.69, 9.17) is 11.6 Å². The molecule has 0 radical (unpaired) electrons. The zero-order valence-corrected chi connectivity index (χ0v) is 8.47. The van der Waals surface area contributed by atoms with Crippen LogP contribution in [0.25, 0.3) is 0 Å². The van der Waals surface area contributed by atoms with Gasteiger partial charge in [-0.25, -0.2) is 4.98 Å². The van der Waals surface area contributed by atoms with Crippen LogP contribution in [0.4, 0.5) is 0 Å². The predicted molar refractivity (Wildman–Crippen MR) is 52.5 cm³/mol. The maximum absolute atomic E-state index is 5.78. The molecule has 0 spiro atoms. The van der Waals surface area contributed by atoms with Gasteiger partial charge in [-0.3, -0.25) is 0 Å². The summed E-state index contributed by atoms with van der Waals surface area (Å²) in [4.78, 5) is 3.95. The molecule has 0 fully saturated rings. The van der Waals surface area contributed by atoms with E-state index in [1.807, 2.05) is 12.1 Å². The summed E-state index contributed by atoms with van der Waals surface area (Å²) in [6, 6.07) is 3.96. The standard InChI is InChI=1S/C10H14ClN/c1-7(2)8(3)9-4-5-12-10(11)6-9/h4-8H,1-3H3. The van der Waals surface area contributed by atoms with Crippen molar-refractivity contribution in [2.24, 2.45) is 5.92 Å². The molecule has 0 amide bonds. The van der Waals surface area contributed by atoms with Crippen LogP contribution in [0.5, 0.6) is 0 Å². The van der Waals surface area contributed by atoms with Crippen LogP contribution in [0, 0.1) is 5.92 Å². The highest BCUT2D eigenvalue weighted by molar-refractivity contribution is 6.29. The first-order valence-electron chi connectivity index (χ1n) is 4.22. The molecule has 1 atom stereocenters. The summed E-state index contributed by atoms with van der Waals surface area (Å²) in [7, 11) is 0. The van der Waals surface area contributed by atoms with E-state index in [1.54, 1.807) is 6.20 Å². The molecule has 1 rings (SSSR count). The van der Waals surface area contributed by atoms with E-state index in [0.717, 1.165) is 0 Å². The highest BCUT2D eigenvalue weighted by Crippen LogP contribution is 2.24. The molecule has 1 aromatic heterocycles.